The molecule has 0 bridgehead atoms. The van der Waals surface area contributed by atoms with Crippen molar-refractivity contribution in [3.8, 4) is 0 Å². The lowest BCUT2D eigenvalue weighted by Crippen LogP contribution is -2.35. The number of amides is 1. The van der Waals surface area contributed by atoms with E-state index in [0.29, 0.717) is 18.8 Å². The van der Waals surface area contributed by atoms with Crippen LogP contribution in [0.4, 0.5) is 5.82 Å². The molecule has 21 heavy (non-hydrogen) atoms. The summed E-state index contributed by atoms with van der Waals surface area (Å²) in [6.45, 7) is 9.60. The van der Waals surface area contributed by atoms with E-state index in [-0.39, 0.29) is 18.1 Å². The van der Waals surface area contributed by atoms with Gasteiger partial charge in [0.05, 0.1) is 23.4 Å². The molecule has 0 aliphatic rings. The van der Waals surface area contributed by atoms with Crippen LogP contribution in [0.25, 0.3) is 0 Å². The van der Waals surface area contributed by atoms with Crippen molar-refractivity contribution in [1.29, 1.82) is 0 Å². The summed E-state index contributed by atoms with van der Waals surface area (Å²) in [6, 6.07) is 1.40. The lowest BCUT2D eigenvalue weighted by Gasteiger charge is -2.17. The molecule has 1 heterocycles. The molecule has 8 nitrogen and oxygen atoms in total. The van der Waals surface area contributed by atoms with E-state index in [4.69, 9.17) is 0 Å². The number of nitrogens with one attached hydrogen (secondary N) is 1. The summed E-state index contributed by atoms with van der Waals surface area (Å²) >= 11 is 0. The molecule has 0 unspecified atom stereocenters. The zero-order valence-electron chi connectivity index (χ0n) is 12.8. The van der Waals surface area contributed by atoms with Crippen LogP contribution in [-0.4, -0.2) is 51.7 Å². The molecule has 1 N–H and O–H groups in total. The maximum atomic E-state index is 11.7. The minimum atomic E-state index is -0.534. The van der Waals surface area contributed by atoms with Crippen molar-refractivity contribution in [3.05, 3.63) is 21.9 Å². The Labute approximate surface area is 124 Å². The molecule has 0 aromatic carbocycles. The Bertz CT molecular complexity index is 482. The number of carbonyl (C=O) groups excluding carboxylic acids is 1. The number of aromatic nitrogens is 2. The smallest absolute Gasteiger partial charge is 0.358 e. The minimum absolute atomic E-state index is 0.0697. The van der Waals surface area contributed by atoms with Crippen LogP contribution in [0, 0.1) is 17.0 Å². The molecule has 1 amide bonds. The maximum Gasteiger partial charge on any atom is 0.390 e. The van der Waals surface area contributed by atoms with Crippen LogP contribution in [0.3, 0.4) is 0 Å². The summed E-state index contributed by atoms with van der Waals surface area (Å²) in [6.07, 6.45) is 0.262. The molecule has 8 heteroatoms. The number of hydrogen-bond acceptors (Lipinski definition) is 5. The van der Waals surface area contributed by atoms with Crippen molar-refractivity contribution < 1.29 is 9.72 Å². The predicted molar refractivity (Wildman–Crippen MR) is 79.0 cm³/mol. The molecule has 0 saturated carbocycles. The van der Waals surface area contributed by atoms with Crippen LogP contribution in [-0.2, 0) is 11.3 Å². The number of aryl methyl sites for hydroxylation is 2. The monoisotopic (exact) mass is 297 g/mol. The van der Waals surface area contributed by atoms with Crippen molar-refractivity contribution in [3.63, 3.8) is 0 Å². The largest absolute Gasteiger partial charge is 0.390 e. The van der Waals surface area contributed by atoms with Gasteiger partial charge in [0.1, 0.15) is 0 Å². The lowest BCUT2D eigenvalue weighted by molar-refractivity contribution is -0.389. The fourth-order valence-corrected chi connectivity index (χ4v) is 2.00. The van der Waals surface area contributed by atoms with E-state index in [1.807, 2.05) is 0 Å². The van der Waals surface area contributed by atoms with Gasteiger partial charge in [0.15, 0.2) is 0 Å². The number of carbonyl (C=O) groups is 1. The van der Waals surface area contributed by atoms with Gasteiger partial charge in [-0.15, -0.1) is 0 Å². The SMILES string of the molecule is CCN(CC)CCNC(=O)CCn1nc([N+](=O)[O-])cc1C. The molecule has 0 fully saturated rings. The predicted octanol–water partition coefficient (Wildman–Crippen LogP) is 0.948. The Hall–Kier alpha value is -1.96. The molecule has 0 saturated heterocycles. The van der Waals surface area contributed by atoms with Gasteiger partial charge in [0, 0.05) is 19.5 Å². The summed E-state index contributed by atoms with van der Waals surface area (Å²) < 4.78 is 1.49. The van der Waals surface area contributed by atoms with E-state index in [1.165, 1.54) is 10.7 Å². The molecule has 0 spiro atoms. The van der Waals surface area contributed by atoms with E-state index in [1.54, 1.807) is 6.92 Å². The van der Waals surface area contributed by atoms with Crippen LogP contribution in [0.1, 0.15) is 26.0 Å². The van der Waals surface area contributed by atoms with Gasteiger partial charge in [0.2, 0.25) is 5.91 Å². The second-order valence-electron chi connectivity index (χ2n) is 4.75. The Morgan fingerprint density at radius 2 is 2.14 bits per heavy atom. The zero-order chi connectivity index (χ0) is 15.8. The maximum absolute atomic E-state index is 11.7. The zero-order valence-corrected chi connectivity index (χ0v) is 12.8. The van der Waals surface area contributed by atoms with Crippen LogP contribution in [0.2, 0.25) is 0 Å². The summed E-state index contributed by atoms with van der Waals surface area (Å²) in [5.41, 5.74) is 0.678. The Kier molecular flexibility index (Phi) is 6.80. The van der Waals surface area contributed by atoms with Gasteiger partial charge in [-0.1, -0.05) is 13.8 Å². The van der Waals surface area contributed by atoms with Crippen LogP contribution in [0.5, 0.6) is 0 Å². The second-order valence-corrected chi connectivity index (χ2v) is 4.75. The summed E-state index contributed by atoms with van der Waals surface area (Å²) in [5, 5.41) is 17.3. The number of nitro groups is 1. The van der Waals surface area contributed by atoms with Crippen molar-refractivity contribution in [2.45, 2.75) is 33.7 Å². The molecule has 0 aliphatic carbocycles. The Morgan fingerprint density at radius 3 is 2.67 bits per heavy atom. The van der Waals surface area contributed by atoms with E-state index >= 15 is 0 Å². The van der Waals surface area contributed by atoms with Crippen molar-refractivity contribution in [1.82, 2.24) is 20.0 Å². The molecule has 1 rings (SSSR count). The highest BCUT2D eigenvalue weighted by molar-refractivity contribution is 5.75. The van der Waals surface area contributed by atoms with Crippen molar-refractivity contribution in [2.75, 3.05) is 26.2 Å². The number of hydrogen-bond donors (Lipinski definition) is 1. The first-order valence-corrected chi connectivity index (χ1v) is 7.15. The highest BCUT2D eigenvalue weighted by atomic mass is 16.6. The van der Waals surface area contributed by atoms with Gasteiger partial charge in [0.25, 0.3) is 0 Å². The number of rotatable bonds is 9. The fraction of sp³-hybridized carbons (Fsp3) is 0.692. The number of nitrogens with zero attached hydrogens (tertiary/aromatic N) is 4. The van der Waals surface area contributed by atoms with Crippen LogP contribution in [0.15, 0.2) is 6.07 Å². The lowest BCUT2D eigenvalue weighted by atomic mass is 10.3. The third-order valence-electron chi connectivity index (χ3n) is 3.35. The molecule has 0 aliphatic heterocycles. The van der Waals surface area contributed by atoms with E-state index < -0.39 is 4.92 Å². The van der Waals surface area contributed by atoms with Crippen LogP contribution >= 0.6 is 0 Å². The average Bonchev–Trinajstić information content (AvgIpc) is 2.83. The van der Waals surface area contributed by atoms with Gasteiger partial charge in [-0.25, -0.2) is 0 Å². The topological polar surface area (TPSA) is 93.3 Å². The highest BCUT2D eigenvalue weighted by Gasteiger charge is 2.15. The molecular weight excluding hydrogens is 274 g/mol. The van der Waals surface area contributed by atoms with Gasteiger partial charge in [-0.05, 0) is 24.9 Å². The fourth-order valence-electron chi connectivity index (χ4n) is 2.00. The molecule has 0 radical (unpaired) electrons. The van der Waals surface area contributed by atoms with E-state index in [2.05, 4.69) is 29.2 Å². The first-order chi connectivity index (χ1) is 9.97. The van der Waals surface area contributed by atoms with Crippen LogP contribution < -0.4 is 5.32 Å². The first kappa shape index (κ1) is 17.1. The molecule has 118 valence electrons. The summed E-state index contributed by atoms with van der Waals surface area (Å²) in [4.78, 5) is 24.0. The number of likely N-dealkylation sites (N-methyl/N-ethyl adjacent to an activating group) is 1. The standard InChI is InChI=1S/C13H23N5O3/c1-4-16(5-2)9-7-14-13(19)6-8-17-11(3)10-12(15-17)18(20)21/h10H,4-9H2,1-3H3,(H,14,19). The third kappa shape index (κ3) is 5.50. The first-order valence-electron chi connectivity index (χ1n) is 7.15. The van der Waals surface area contributed by atoms with Crippen molar-refractivity contribution in [2.24, 2.45) is 0 Å². The van der Waals surface area contributed by atoms with E-state index in [0.717, 1.165) is 19.6 Å². The highest BCUT2D eigenvalue weighted by Crippen LogP contribution is 2.11. The van der Waals surface area contributed by atoms with Gasteiger partial charge < -0.3 is 20.3 Å². The molecular formula is C13H23N5O3. The quantitative estimate of drug-likeness (QED) is 0.541. The minimum Gasteiger partial charge on any atom is -0.358 e. The Morgan fingerprint density at radius 1 is 1.48 bits per heavy atom. The van der Waals surface area contributed by atoms with Gasteiger partial charge in [-0.2, -0.15) is 4.68 Å². The second kappa shape index (κ2) is 8.35. The Balaban J connectivity index is 2.34. The van der Waals surface area contributed by atoms with E-state index in [9.17, 15) is 14.9 Å². The summed E-state index contributed by atoms with van der Waals surface area (Å²) in [7, 11) is 0. The molecule has 1 aromatic heterocycles. The van der Waals surface area contributed by atoms with Gasteiger partial charge in [-0.3, -0.25) is 4.79 Å². The summed E-state index contributed by atoms with van der Waals surface area (Å²) in [5.74, 6) is -0.255. The van der Waals surface area contributed by atoms with Gasteiger partial charge >= 0.3 is 5.82 Å². The molecule has 1 aromatic rings. The van der Waals surface area contributed by atoms with Crippen molar-refractivity contribution >= 4 is 11.7 Å². The molecule has 0 atom stereocenters. The normalized spacial score (nSPS) is 10.9. The third-order valence-corrected chi connectivity index (χ3v) is 3.35. The average molecular weight is 297 g/mol.